The van der Waals surface area contributed by atoms with Crippen LogP contribution in [0.4, 0.5) is 0 Å². The Morgan fingerprint density at radius 1 is 0.943 bits per heavy atom. The van der Waals surface area contributed by atoms with Crippen LogP contribution in [-0.2, 0) is 7.05 Å². The number of carbonyl (C=O) groups excluding carboxylic acids is 2. The monoisotopic (exact) mass is 469 g/mol. The third-order valence-electron chi connectivity index (χ3n) is 6.66. The molecule has 1 aliphatic rings. The zero-order valence-electron chi connectivity index (χ0n) is 20.2. The summed E-state index contributed by atoms with van der Waals surface area (Å²) >= 11 is 0. The number of carbonyl (C=O) groups is 2. The summed E-state index contributed by atoms with van der Waals surface area (Å²) in [4.78, 5) is 44.7. The Bertz CT molecular complexity index is 1520. The van der Waals surface area contributed by atoms with Crippen molar-refractivity contribution in [1.82, 2.24) is 14.5 Å². The Balaban J connectivity index is 1.48. The third kappa shape index (κ3) is 3.77. The highest BCUT2D eigenvalue weighted by atomic mass is 16.5. The Morgan fingerprint density at radius 3 is 2.29 bits per heavy atom. The first-order valence-corrected chi connectivity index (χ1v) is 11.8. The van der Waals surface area contributed by atoms with Crippen molar-refractivity contribution < 1.29 is 14.3 Å². The number of hydrogen-bond donors (Lipinski definition) is 0. The predicted octanol–water partition coefficient (Wildman–Crippen LogP) is 4.48. The molecule has 0 radical (unpaired) electrons. The number of fused-ring (bicyclic) bond motifs is 4. The van der Waals surface area contributed by atoms with Gasteiger partial charge in [0.15, 0.2) is 0 Å². The molecule has 0 saturated heterocycles. The zero-order chi connectivity index (χ0) is 24.9. The van der Waals surface area contributed by atoms with E-state index in [1.165, 1.54) is 4.90 Å². The van der Waals surface area contributed by atoms with E-state index in [0.717, 1.165) is 16.3 Å². The smallest absolute Gasteiger partial charge is 0.261 e. The van der Waals surface area contributed by atoms with Gasteiger partial charge in [-0.3, -0.25) is 24.3 Å². The summed E-state index contributed by atoms with van der Waals surface area (Å²) < 4.78 is 7.75. The second kappa shape index (κ2) is 8.65. The zero-order valence-corrected chi connectivity index (χ0v) is 20.2. The number of benzene rings is 2. The normalized spacial score (nSPS) is 14.3. The van der Waals surface area contributed by atoms with Crippen LogP contribution in [0.3, 0.4) is 0 Å². The van der Waals surface area contributed by atoms with Gasteiger partial charge in [0.25, 0.3) is 17.4 Å². The fourth-order valence-electron chi connectivity index (χ4n) is 4.97. The van der Waals surface area contributed by atoms with Gasteiger partial charge in [0, 0.05) is 24.7 Å². The molecule has 35 heavy (non-hydrogen) atoms. The first-order chi connectivity index (χ1) is 16.8. The van der Waals surface area contributed by atoms with Gasteiger partial charge in [0.2, 0.25) is 0 Å². The maximum absolute atomic E-state index is 13.1. The fraction of sp³-hybridized carbons (Fsp3) is 0.286. The summed E-state index contributed by atoms with van der Waals surface area (Å²) in [5.74, 6) is 0.268. The number of nitrogens with zero attached hydrogens (tertiary/aromatic N) is 3. The molecule has 2 aromatic carbocycles. The fourth-order valence-corrected chi connectivity index (χ4v) is 4.97. The summed E-state index contributed by atoms with van der Waals surface area (Å²) in [6.45, 7) is 6.11. The van der Waals surface area contributed by atoms with E-state index in [4.69, 9.17) is 4.74 Å². The van der Waals surface area contributed by atoms with E-state index in [-0.39, 0.29) is 29.9 Å². The lowest BCUT2D eigenvalue weighted by molar-refractivity contribution is 0.0507. The Hall–Kier alpha value is -4.00. The van der Waals surface area contributed by atoms with Crippen LogP contribution in [0, 0.1) is 12.8 Å². The van der Waals surface area contributed by atoms with Gasteiger partial charge in [-0.1, -0.05) is 26.0 Å². The minimum atomic E-state index is -0.410. The van der Waals surface area contributed by atoms with Crippen LogP contribution in [0.25, 0.3) is 21.7 Å². The van der Waals surface area contributed by atoms with E-state index in [2.05, 4.69) is 18.8 Å². The highest BCUT2D eigenvalue weighted by molar-refractivity contribution is 6.21. The molecule has 1 aliphatic heterocycles. The van der Waals surface area contributed by atoms with E-state index in [0.29, 0.717) is 34.4 Å². The molecule has 0 N–H and O–H groups in total. The topological polar surface area (TPSA) is 81.5 Å². The molecule has 0 saturated carbocycles. The van der Waals surface area contributed by atoms with E-state index in [1.54, 1.807) is 42.1 Å². The molecule has 0 fully saturated rings. The maximum atomic E-state index is 13.1. The number of amides is 2. The first kappa shape index (κ1) is 22.8. The quantitative estimate of drug-likeness (QED) is 0.307. The van der Waals surface area contributed by atoms with Gasteiger partial charge in [-0.15, -0.1) is 0 Å². The molecule has 1 unspecified atom stereocenters. The number of pyridine rings is 2. The summed E-state index contributed by atoms with van der Waals surface area (Å²) in [6.07, 6.45) is 2.33. The highest BCUT2D eigenvalue weighted by Gasteiger charge is 2.40. The minimum Gasteiger partial charge on any atom is -0.491 e. The number of imide groups is 1. The molecule has 0 spiro atoms. The summed E-state index contributed by atoms with van der Waals surface area (Å²) in [5.41, 5.74) is 2.20. The molecule has 0 aliphatic carbocycles. The van der Waals surface area contributed by atoms with Crippen molar-refractivity contribution in [2.75, 3.05) is 6.61 Å². The molecule has 7 heteroatoms. The molecule has 2 aromatic heterocycles. The molecule has 5 rings (SSSR count). The average Bonchev–Trinajstić information content (AvgIpc) is 3.10. The average molecular weight is 470 g/mol. The Kier molecular flexibility index (Phi) is 5.63. The van der Waals surface area contributed by atoms with Crippen LogP contribution in [0.1, 0.15) is 46.7 Å². The van der Waals surface area contributed by atoms with Crippen molar-refractivity contribution in [2.45, 2.75) is 33.2 Å². The lowest BCUT2D eigenvalue weighted by atomic mass is 10.0. The SMILES string of the molecule is Cc1nccc2c1c(=O)n(C)c1cc(OCC(CC(C)C)N3C(=O)c4ccccc4C3=O)ccc21. The molecule has 4 aromatic rings. The molecule has 1 atom stereocenters. The van der Waals surface area contributed by atoms with Crippen LogP contribution in [0.5, 0.6) is 5.75 Å². The van der Waals surface area contributed by atoms with Gasteiger partial charge in [-0.05, 0) is 55.0 Å². The largest absolute Gasteiger partial charge is 0.491 e. The predicted molar refractivity (Wildman–Crippen MR) is 135 cm³/mol. The van der Waals surface area contributed by atoms with Gasteiger partial charge in [0.05, 0.1) is 33.8 Å². The summed E-state index contributed by atoms with van der Waals surface area (Å²) in [6, 6.07) is 14.0. The molecule has 178 valence electrons. The molecular weight excluding hydrogens is 442 g/mol. The number of rotatable bonds is 6. The highest BCUT2D eigenvalue weighted by Crippen LogP contribution is 2.29. The van der Waals surface area contributed by atoms with Crippen LogP contribution in [0.2, 0.25) is 0 Å². The van der Waals surface area contributed by atoms with Gasteiger partial charge in [-0.2, -0.15) is 0 Å². The number of ether oxygens (including phenoxy) is 1. The van der Waals surface area contributed by atoms with Crippen LogP contribution in [0.15, 0.2) is 59.5 Å². The third-order valence-corrected chi connectivity index (χ3v) is 6.66. The number of hydrogen-bond acceptors (Lipinski definition) is 5. The van der Waals surface area contributed by atoms with E-state index in [9.17, 15) is 14.4 Å². The van der Waals surface area contributed by atoms with Crippen molar-refractivity contribution in [3.63, 3.8) is 0 Å². The summed E-state index contributed by atoms with van der Waals surface area (Å²) in [7, 11) is 1.74. The lowest BCUT2D eigenvalue weighted by Gasteiger charge is -2.27. The van der Waals surface area contributed by atoms with Gasteiger partial charge < -0.3 is 9.30 Å². The molecule has 0 bridgehead atoms. The number of aromatic nitrogens is 2. The molecule has 2 amide bonds. The number of aryl methyl sites for hydroxylation is 2. The van der Waals surface area contributed by atoms with Crippen LogP contribution >= 0.6 is 0 Å². The lowest BCUT2D eigenvalue weighted by Crippen LogP contribution is -2.44. The van der Waals surface area contributed by atoms with Gasteiger partial charge >= 0.3 is 0 Å². The first-order valence-electron chi connectivity index (χ1n) is 11.8. The van der Waals surface area contributed by atoms with Crippen molar-refractivity contribution in [3.8, 4) is 5.75 Å². The van der Waals surface area contributed by atoms with E-state index < -0.39 is 6.04 Å². The second-order valence-electron chi connectivity index (χ2n) is 9.48. The standard InChI is InChI=1S/C28H27N3O4/c1-16(2)13-18(31-26(32)22-7-5-6-8-23(22)27(31)33)15-35-19-9-10-20-21-11-12-29-17(3)25(21)28(34)30(4)24(20)14-19/h5-12,14,16,18H,13,15H2,1-4H3. The van der Waals surface area contributed by atoms with E-state index in [1.807, 2.05) is 31.2 Å². The van der Waals surface area contributed by atoms with Gasteiger partial charge in [0.1, 0.15) is 12.4 Å². The van der Waals surface area contributed by atoms with Crippen molar-refractivity contribution in [2.24, 2.45) is 13.0 Å². The molecule has 7 nitrogen and oxygen atoms in total. The Morgan fingerprint density at radius 2 is 1.63 bits per heavy atom. The van der Waals surface area contributed by atoms with Crippen molar-refractivity contribution in [1.29, 1.82) is 0 Å². The minimum absolute atomic E-state index is 0.112. The molecular formula is C28H27N3O4. The second-order valence-corrected chi connectivity index (χ2v) is 9.48. The van der Waals surface area contributed by atoms with Gasteiger partial charge in [-0.25, -0.2) is 0 Å². The van der Waals surface area contributed by atoms with Crippen LogP contribution < -0.4 is 10.3 Å². The summed E-state index contributed by atoms with van der Waals surface area (Å²) in [5, 5.41) is 2.39. The van der Waals surface area contributed by atoms with Crippen LogP contribution in [-0.4, -0.2) is 38.9 Å². The Labute approximate surface area is 203 Å². The van der Waals surface area contributed by atoms with E-state index >= 15 is 0 Å². The van der Waals surface area contributed by atoms with Crippen molar-refractivity contribution in [3.05, 3.63) is 81.9 Å². The molecule has 3 heterocycles. The van der Waals surface area contributed by atoms with Crippen molar-refractivity contribution >= 4 is 33.5 Å². The maximum Gasteiger partial charge on any atom is 0.261 e.